The summed E-state index contributed by atoms with van der Waals surface area (Å²) >= 11 is 6.16. The molecule has 2 saturated heterocycles. The zero-order valence-electron chi connectivity index (χ0n) is 14.2. The van der Waals surface area contributed by atoms with Crippen LogP contribution in [0.5, 0.6) is 0 Å². The van der Waals surface area contributed by atoms with Gasteiger partial charge in [-0.3, -0.25) is 4.79 Å². The van der Waals surface area contributed by atoms with Crippen molar-refractivity contribution in [1.82, 2.24) is 15.5 Å². The van der Waals surface area contributed by atoms with E-state index in [0.717, 1.165) is 24.8 Å². The minimum Gasteiger partial charge on any atom is -0.381 e. The second kappa shape index (κ2) is 8.06. The summed E-state index contributed by atoms with van der Waals surface area (Å²) in [6, 6.07) is 7.65. The molecule has 25 heavy (non-hydrogen) atoms. The Kier molecular flexibility index (Phi) is 5.81. The van der Waals surface area contributed by atoms with Gasteiger partial charge in [0.25, 0.3) is 0 Å². The molecule has 0 aliphatic carbocycles. The van der Waals surface area contributed by atoms with Gasteiger partial charge in [-0.05, 0) is 37.0 Å². The smallest absolute Gasteiger partial charge is 0.317 e. The van der Waals surface area contributed by atoms with E-state index in [2.05, 4.69) is 16.7 Å². The first-order valence-electron chi connectivity index (χ1n) is 8.72. The van der Waals surface area contributed by atoms with Gasteiger partial charge in [0.2, 0.25) is 5.91 Å². The number of carbonyl (C=O) groups excluding carboxylic acids is 2. The lowest BCUT2D eigenvalue weighted by Crippen LogP contribution is -2.52. The van der Waals surface area contributed by atoms with Crippen LogP contribution >= 0.6 is 11.6 Å². The van der Waals surface area contributed by atoms with E-state index in [1.807, 2.05) is 18.2 Å². The summed E-state index contributed by atoms with van der Waals surface area (Å²) in [5, 5.41) is 6.47. The molecule has 0 atom stereocenters. The number of ether oxygens (including phenoxy) is 1. The summed E-state index contributed by atoms with van der Waals surface area (Å²) < 4.78 is 5.51. The third-order valence-corrected chi connectivity index (χ3v) is 5.25. The summed E-state index contributed by atoms with van der Waals surface area (Å²) in [6.07, 6.45) is 2.53. The van der Waals surface area contributed by atoms with Gasteiger partial charge in [0, 0.05) is 43.3 Å². The van der Waals surface area contributed by atoms with Crippen LogP contribution < -0.4 is 10.6 Å². The first-order valence-corrected chi connectivity index (χ1v) is 9.10. The first kappa shape index (κ1) is 18.0. The van der Waals surface area contributed by atoms with Gasteiger partial charge in [-0.25, -0.2) is 4.79 Å². The van der Waals surface area contributed by atoms with E-state index in [1.54, 1.807) is 4.90 Å². The van der Waals surface area contributed by atoms with Crippen LogP contribution in [0, 0.1) is 0 Å². The van der Waals surface area contributed by atoms with E-state index in [1.165, 1.54) is 0 Å². The third-order valence-electron chi connectivity index (χ3n) is 5.01. The fraction of sp³-hybridized carbons (Fsp3) is 0.556. The molecule has 2 fully saturated rings. The fourth-order valence-corrected chi connectivity index (χ4v) is 3.66. The molecule has 136 valence electrons. The quantitative estimate of drug-likeness (QED) is 0.837. The van der Waals surface area contributed by atoms with Crippen LogP contribution in [-0.2, 0) is 14.9 Å². The molecule has 0 unspecified atom stereocenters. The predicted octanol–water partition coefficient (Wildman–Crippen LogP) is 1.92. The van der Waals surface area contributed by atoms with Crippen LogP contribution in [-0.4, -0.2) is 56.2 Å². The van der Waals surface area contributed by atoms with E-state index in [9.17, 15) is 9.59 Å². The summed E-state index contributed by atoms with van der Waals surface area (Å²) in [5.74, 6) is -0.134. The highest BCUT2D eigenvalue weighted by atomic mass is 35.5. The van der Waals surface area contributed by atoms with Gasteiger partial charge < -0.3 is 20.3 Å². The summed E-state index contributed by atoms with van der Waals surface area (Å²) in [5.41, 5.74) is 0.947. The zero-order chi connectivity index (χ0) is 17.7. The van der Waals surface area contributed by atoms with Gasteiger partial charge >= 0.3 is 6.03 Å². The highest BCUT2D eigenvalue weighted by Gasteiger charge is 2.35. The Bertz CT molecular complexity index is 632. The number of hydrogen-bond donors (Lipinski definition) is 2. The van der Waals surface area contributed by atoms with Crippen LogP contribution in [0.3, 0.4) is 0 Å². The lowest BCUT2D eigenvalue weighted by atomic mass is 9.74. The Morgan fingerprint density at radius 3 is 2.88 bits per heavy atom. The highest BCUT2D eigenvalue weighted by Crippen LogP contribution is 2.35. The van der Waals surface area contributed by atoms with Crippen LogP contribution in [0.15, 0.2) is 24.3 Å². The van der Waals surface area contributed by atoms with E-state index >= 15 is 0 Å². The molecule has 7 heteroatoms. The molecule has 0 spiro atoms. The van der Waals surface area contributed by atoms with Gasteiger partial charge in [0.15, 0.2) is 0 Å². The standard InChI is InChI=1S/C18H24ClN3O3/c19-15-4-1-3-14(11-15)18(5-9-25-10-6-18)13-21-16(23)12-22-8-2-7-20-17(22)24/h1,3-4,11H,2,5-10,12-13H2,(H,20,24)(H,21,23). The molecule has 1 aromatic rings. The maximum Gasteiger partial charge on any atom is 0.317 e. The van der Waals surface area contributed by atoms with Crippen LogP contribution in [0.2, 0.25) is 5.02 Å². The summed E-state index contributed by atoms with van der Waals surface area (Å²) in [4.78, 5) is 25.7. The van der Waals surface area contributed by atoms with Crippen molar-refractivity contribution < 1.29 is 14.3 Å². The Hall–Kier alpha value is -1.79. The maximum absolute atomic E-state index is 12.3. The molecule has 0 saturated carbocycles. The van der Waals surface area contributed by atoms with Crippen molar-refractivity contribution in [2.24, 2.45) is 0 Å². The average molecular weight is 366 g/mol. The van der Waals surface area contributed by atoms with E-state index < -0.39 is 0 Å². The molecule has 2 N–H and O–H groups in total. The van der Waals surface area contributed by atoms with Crippen molar-refractivity contribution in [3.8, 4) is 0 Å². The molecule has 3 rings (SSSR count). The molecule has 1 aromatic carbocycles. The third kappa shape index (κ3) is 4.44. The number of rotatable bonds is 5. The van der Waals surface area contributed by atoms with Gasteiger partial charge in [-0.15, -0.1) is 0 Å². The number of nitrogens with one attached hydrogen (secondary N) is 2. The van der Waals surface area contributed by atoms with Crippen molar-refractivity contribution in [3.05, 3.63) is 34.9 Å². The Morgan fingerprint density at radius 2 is 2.16 bits per heavy atom. The molecule has 0 radical (unpaired) electrons. The van der Waals surface area contributed by atoms with Crippen LogP contribution in [0.1, 0.15) is 24.8 Å². The largest absolute Gasteiger partial charge is 0.381 e. The Balaban J connectivity index is 1.64. The normalized spacial score (nSPS) is 20.0. The molecular formula is C18H24ClN3O3. The number of carbonyl (C=O) groups is 2. The molecule has 2 heterocycles. The van der Waals surface area contributed by atoms with Gasteiger partial charge in [0.05, 0.1) is 0 Å². The van der Waals surface area contributed by atoms with Crippen LogP contribution in [0.4, 0.5) is 4.79 Å². The monoisotopic (exact) mass is 365 g/mol. The number of halogens is 1. The Morgan fingerprint density at radius 1 is 1.36 bits per heavy atom. The number of urea groups is 1. The van der Waals surface area contributed by atoms with E-state index in [4.69, 9.17) is 16.3 Å². The SMILES string of the molecule is O=C(CN1CCCNC1=O)NCC1(c2cccc(Cl)c2)CCOCC1. The van der Waals surface area contributed by atoms with Gasteiger partial charge in [0.1, 0.15) is 6.54 Å². The molecule has 6 nitrogen and oxygen atoms in total. The fourth-order valence-electron chi connectivity index (χ4n) is 3.47. The number of hydrogen-bond acceptors (Lipinski definition) is 3. The molecule has 2 aliphatic rings. The minimum atomic E-state index is -0.178. The van der Waals surface area contributed by atoms with Crippen molar-refractivity contribution in [1.29, 1.82) is 0 Å². The highest BCUT2D eigenvalue weighted by molar-refractivity contribution is 6.30. The minimum absolute atomic E-state index is 0.0912. The van der Waals surface area contributed by atoms with Gasteiger partial charge in [-0.1, -0.05) is 23.7 Å². The maximum atomic E-state index is 12.3. The van der Waals surface area contributed by atoms with E-state index in [-0.39, 0.29) is 23.9 Å². The topological polar surface area (TPSA) is 70.7 Å². The van der Waals surface area contributed by atoms with E-state index in [0.29, 0.717) is 37.9 Å². The van der Waals surface area contributed by atoms with Crippen molar-refractivity contribution in [3.63, 3.8) is 0 Å². The lowest BCUT2D eigenvalue weighted by molar-refractivity contribution is -0.122. The molecule has 3 amide bonds. The van der Waals surface area contributed by atoms with Crippen molar-refractivity contribution in [2.45, 2.75) is 24.7 Å². The molecular weight excluding hydrogens is 342 g/mol. The summed E-state index contributed by atoms with van der Waals surface area (Å²) in [7, 11) is 0. The first-order chi connectivity index (χ1) is 12.1. The van der Waals surface area contributed by atoms with Crippen molar-refractivity contribution in [2.75, 3.05) is 39.4 Å². The average Bonchev–Trinajstić information content (AvgIpc) is 2.63. The molecule has 0 bridgehead atoms. The van der Waals surface area contributed by atoms with Crippen LogP contribution in [0.25, 0.3) is 0 Å². The number of amides is 3. The Labute approximate surface area is 152 Å². The second-order valence-electron chi connectivity index (χ2n) is 6.69. The second-order valence-corrected chi connectivity index (χ2v) is 7.12. The zero-order valence-corrected chi connectivity index (χ0v) is 15.0. The summed E-state index contributed by atoms with van der Waals surface area (Å²) in [6.45, 7) is 3.23. The lowest BCUT2D eigenvalue weighted by Gasteiger charge is -2.38. The number of benzene rings is 1. The molecule has 0 aromatic heterocycles. The van der Waals surface area contributed by atoms with Crippen molar-refractivity contribution >= 4 is 23.5 Å². The molecule has 2 aliphatic heterocycles. The number of nitrogens with zero attached hydrogens (tertiary/aromatic N) is 1. The predicted molar refractivity (Wildman–Crippen MR) is 95.8 cm³/mol. The van der Waals surface area contributed by atoms with Gasteiger partial charge in [-0.2, -0.15) is 0 Å².